The van der Waals surface area contributed by atoms with Crippen LogP contribution in [0.15, 0.2) is 65.8 Å². The van der Waals surface area contributed by atoms with E-state index in [0.717, 1.165) is 32.4 Å². The van der Waals surface area contributed by atoms with Gasteiger partial charge in [-0.3, -0.25) is 4.90 Å². The summed E-state index contributed by atoms with van der Waals surface area (Å²) in [5.41, 5.74) is 4.18. The summed E-state index contributed by atoms with van der Waals surface area (Å²) in [6.07, 6.45) is 14.7. The van der Waals surface area contributed by atoms with Gasteiger partial charge < -0.3 is 9.84 Å². The van der Waals surface area contributed by atoms with Crippen LogP contribution in [0.5, 0.6) is 0 Å². The summed E-state index contributed by atoms with van der Waals surface area (Å²) in [6, 6.07) is 16.5. The molecule has 36 heavy (non-hydrogen) atoms. The highest BCUT2D eigenvalue weighted by Gasteiger charge is 2.66. The molecule has 3 heteroatoms. The van der Waals surface area contributed by atoms with Crippen molar-refractivity contribution in [3.63, 3.8) is 0 Å². The Labute approximate surface area is 215 Å². The number of allylic oxidation sites excluding steroid dienone is 1. The number of fused-ring (bicyclic) bond motifs is 2. The Balaban J connectivity index is 1.13. The molecule has 2 bridgehead atoms. The van der Waals surface area contributed by atoms with Gasteiger partial charge >= 0.3 is 0 Å². The largest absolute Gasteiger partial charge is 0.388 e. The normalized spacial score (nSPS) is 42.7. The number of rotatable bonds is 2. The molecule has 2 spiro atoms. The second-order valence-electron chi connectivity index (χ2n) is 13.6. The molecule has 188 valence electrons. The third kappa shape index (κ3) is 2.86. The Morgan fingerprint density at radius 1 is 0.972 bits per heavy atom. The summed E-state index contributed by atoms with van der Waals surface area (Å²) < 4.78 is 7.49. The molecule has 6 aliphatic rings. The molecule has 1 N–H and O–H groups in total. The van der Waals surface area contributed by atoms with Gasteiger partial charge in [-0.1, -0.05) is 61.5 Å². The average molecular weight is 482 g/mol. The van der Waals surface area contributed by atoms with Gasteiger partial charge in [-0.25, -0.2) is 0 Å². The smallest absolute Gasteiger partial charge is 0.0974 e. The standard InChI is InChI=1S/C33H39NO2/c1-30(35)20-34(21-30)27-10-9-25-18-26-13-14-31(2)28(24-8-7-22-5-3-4-6-23(22)17-24)11-12-29(31)33(26)16-15-32(25,19-27)36-33/h3-8,13,17-18,27-29,35H,9-12,14-16,19-21H2,1-2H3/t27-,28-,29-,31-,32-,33-/m1/s1. The van der Waals surface area contributed by atoms with Crippen LogP contribution in [0, 0.1) is 11.3 Å². The molecule has 0 amide bonds. The third-order valence-corrected chi connectivity index (χ3v) is 11.4. The molecule has 3 aliphatic carbocycles. The summed E-state index contributed by atoms with van der Waals surface area (Å²) in [5.74, 6) is 1.18. The van der Waals surface area contributed by atoms with E-state index in [4.69, 9.17) is 4.74 Å². The molecule has 3 nitrogen and oxygen atoms in total. The topological polar surface area (TPSA) is 32.7 Å². The van der Waals surface area contributed by atoms with E-state index >= 15 is 0 Å². The van der Waals surface area contributed by atoms with Crippen LogP contribution in [0.3, 0.4) is 0 Å². The van der Waals surface area contributed by atoms with Crippen LogP contribution in [-0.4, -0.2) is 45.9 Å². The molecule has 2 aromatic carbocycles. The predicted molar refractivity (Wildman–Crippen MR) is 144 cm³/mol. The molecule has 6 atom stereocenters. The fourth-order valence-electron chi connectivity index (χ4n) is 9.75. The predicted octanol–water partition coefficient (Wildman–Crippen LogP) is 6.52. The molecule has 2 saturated carbocycles. The summed E-state index contributed by atoms with van der Waals surface area (Å²) in [5, 5.41) is 13.1. The van der Waals surface area contributed by atoms with E-state index in [1.807, 2.05) is 6.92 Å². The van der Waals surface area contributed by atoms with Crippen molar-refractivity contribution in [1.82, 2.24) is 4.90 Å². The minimum Gasteiger partial charge on any atom is -0.388 e. The van der Waals surface area contributed by atoms with Crippen molar-refractivity contribution in [3.8, 4) is 0 Å². The van der Waals surface area contributed by atoms with Gasteiger partial charge in [0.05, 0.1) is 16.8 Å². The fraction of sp³-hybridized carbons (Fsp3) is 0.576. The molecule has 4 fully saturated rings. The first kappa shape index (κ1) is 22.1. The van der Waals surface area contributed by atoms with Gasteiger partial charge in [0, 0.05) is 19.1 Å². The van der Waals surface area contributed by atoms with Crippen LogP contribution in [0.2, 0.25) is 0 Å². The Bertz CT molecular complexity index is 1320. The van der Waals surface area contributed by atoms with Crippen LogP contribution in [0.25, 0.3) is 10.8 Å². The quantitative estimate of drug-likeness (QED) is 0.530. The van der Waals surface area contributed by atoms with Gasteiger partial charge in [0.15, 0.2) is 0 Å². The summed E-state index contributed by atoms with van der Waals surface area (Å²) in [4.78, 5) is 2.52. The highest BCUT2D eigenvalue weighted by molar-refractivity contribution is 5.83. The molecule has 0 unspecified atom stereocenters. The SMILES string of the molecule is CC1(O)CN([C@@H]2CCC3=CC4=CC[C@]5(C)[C@@H](c6ccc7ccccc7c6)CC[C@H]5[C@@]45CC[C@]3(C2)O5)C1. The number of hydrogen-bond donors (Lipinski definition) is 1. The molecule has 0 aromatic heterocycles. The van der Waals surface area contributed by atoms with Crippen molar-refractivity contribution in [2.24, 2.45) is 11.3 Å². The van der Waals surface area contributed by atoms with Crippen molar-refractivity contribution in [2.75, 3.05) is 13.1 Å². The van der Waals surface area contributed by atoms with Crippen LogP contribution in [-0.2, 0) is 4.74 Å². The lowest BCUT2D eigenvalue weighted by Crippen LogP contribution is -2.65. The minimum atomic E-state index is -0.499. The second-order valence-corrected chi connectivity index (χ2v) is 13.6. The number of ether oxygens (including phenoxy) is 1. The monoisotopic (exact) mass is 481 g/mol. The van der Waals surface area contributed by atoms with Crippen molar-refractivity contribution >= 4 is 10.8 Å². The number of aliphatic hydroxyl groups is 1. The second kappa shape index (κ2) is 7.12. The molecule has 3 aliphatic heterocycles. The van der Waals surface area contributed by atoms with Crippen LogP contribution in [0.1, 0.15) is 76.7 Å². The number of benzene rings is 2. The van der Waals surface area contributed by atoms with Gasteiger partial charge in [-0.15, -0.1) is 0 Å². The van der Waals surface area contributed by atoms with Gasteiger partial charge in [0.25, 0.3) is 0 Å². The van der Waals surface area contributed by atoms with Gasteiger partial charge in [-0.05, 0) is 103 Å². The zero-order chi connectivity index (χ0) is 24.3. The van der Waals surface area contributed by atoms with Crippen molar-refractivity contribution in [2.45, 2.75) is 94.0 Å². The lowest BCUT2D eigenvalue weighted by atomic mass is 9.58. The fourth-order valence-corrected chi connectivity index (χ4v) is 9.75. The highest BCUT2D eigenvalue weighted by atomic mass is 16.5. The maximum absolute atomic E-state index is 10.3. The lowest BCUT2D eigenvalue weighted by molar-refractivity contribution is -0.157. The number of nitrogens with zero attached hydrogens (tertiary/aromatic N) is 1. The molecule has 2 saturated heterocycles. The zero-order valence-corrected chi connectivity index (χ0v) is 21.8. The average Bonchev–Trinajstić information content (AvgIpc) is 3.37. The summed E-state index contributed by atoms with van der Waals surface area (Å²) in [7, 11) is 0. The Morgan fingerprint density at radius 2 is 1.81 bits per heavy atom. The molecule has 8 rings (SSSR count). The van der Waals surface area contributed by atoms with Gasteiger partial charge in [-0.2, -0.15) is 0 Å². The first-order chi connectivity index (χ1) is 17.3. The van der Waals surface area contributed by atoms with Crippen LogP contribution in [0.4, 0.5) is 0 Å². The lowest BCUT2D eigenvalue weighted by Gasteiger charge is -2.56. The zero-order valence-electron chi connectivity index (χ0n) is 21.8. The van der Waals surface area contributed by atoms with E-state index in [1.54, 1.807) is 5.57 Å². The first-order valence-corrected chi connectivity index (χ1v) is 14.4. The summed E-state index contributed by atoms with van der Waals surface area (Å²) >= 11 is 0. The minimum absolute atomic E-state index is 0.0685. The van der Waals surface area contributed by atoms with E-state index < -0.39 is 5.60 Å². The highest BCUT2D eigenvalue weighted by Crippen LogP contribution is 2.69. The summed E-state index contributed by atoms with van der Waals surface area (Å²) in [6.45, 7) is 6.18. The van der Waals surface area contributed by atoms with E-state index in [2.05, 4.69) is 66.4 Å². The maximum atomic E-state index is 10.3. The Hall–Kier alpha value is -1.94. The third-order valence-electron chi connectivity index (χ3n) is 11.4. The first-order valence-electron chi connectivity index (χ1n) is 14.4. The Morgan fingerprint density at radius 3 is 2.64 bits per heavy atom. The van der Waals surface area contributed by atoms with Crippen molar-refractivity contribution in [1.29, 1.82) is 0 Å². The molecule has 3 heterocycles. The molecular weight excluding hydrogens is 442 g/mol. The number of likely N-dealkylation sites (tertiary alicyclic amines) is 1. The van der Waals surface area contributed by atoms with E-state index in [1.165, 1.54) is 54.0 Å². The van der Waals surface area contributed by atoms with Crippen molar-refractivity contribution < 1.29 is 9.84 Å². The molecule has 2 aromatic rings. The maximum Gasteiger partial charge on any atom is 0.0974 e. The number of β-amino-alcohol motifs (C(OH)–C–C–N with tert-alkyl or cyclic N) is 1. The molecular formula is C33H39NO2. The van der Waals surface area contributed by atoms with E-state index in [0.29, 0.717) is 17.9 Å². The van der Waals surface area contributed by atoms with Gasteiger partial charge in [0.1, 0.15) is 0 Å². The number of hydrogen-bond acceptors (Lipinski definition) is 3. The van der Waals surface area contributed by atoms with Gasteiger partial charge in [0.2, 0.25) is 0 Å². The van der Waals surface area contributed by atoms with Crippen LogP contribution < -0.4 is 0 Å². The van der Waals surface area contributed by atoms with Crippen molar-refractivity contribution in [3.05, 3.63) is 71.3 Å². The van der Waals surface area contributed by atoms with Crippen LogP contribution >= 0.6 is 0 Å². The van der Waals surface area contributed by atoms with E-state index in [-0.39, 0.29) is 16.6 Å². The van der Waals surface area contributed by atoms with E-state index in [9.17, 15) is 5.11 Å². The molecule has 0 radical (unpaired) electrons. The Kier molecular flexibility index (Phi) is 4.37.